The summed E-state index contributed by atoms with van der Waals surface area (Å²) >= 11 is 11.5. The molecule has 0 aliphatic heterocycles. The van der Waals surface area contributed by atoms with E-state index in [4.69, 9.17) is 28.9 Å². The maximum Gasteiger partial charge on any atom is 0.0598 e. The van der Waals surface area contributed by atoms with Gasteiger partial charge in [-0.1, -0.05) is 41.4 Å². The van der Waals surface area contributed by atoms with Crippen molar-refractivity contribution >= 4 is 29.3 Å². The Morgan fingerprint density at radius 1 is 1.25 bits per heavy atom. The molecular formula is C9H9Cl2N. The van der Waals surface area contributed by atoms with Gasteiger partial charge in [-0.05, 0) is 17.7 Å². The molecule has 64 valence electrons. The summed E-state index contributed by atoms with van der Waals surface area (Å²) in [5.41, 5.74) is 6.31. The zero-order valence-corrected chi connectivity index (χ0v) is 7.94. The van der Waals surface area contributed by atoms with E-state index in [9.17, 15) is 0 Å². The van der Waals surface area contributed by atoms with Crippen LogP contribution in [0.3, 0.4) is 0 Å². The minimum atomic E-state index is 0.528. The molecule has 0 atom stereocenters. The Bertz CT molecular complexity index is 295. The Labute approximate surface area is 81.8 Å². The first-order valence-corrected chi connectivity index (χ1v) is 4.31. The van der Waals surface area contributed by atoms with Gasteiger partial charge in [0.1, 0.15) is 0 Å². The van der Waals surface area contributed by atoms with Crippen molar-refractivity contribution < 1.29 is 0 Å². The van der Waals surface area contributed by atoms with E-state index in [2.05, 4.69) is 0 Å². The molecule has 0 radical (unpaired) electrons. The van der Waals surface area contributed by atoms with Crippen LogP contribution in [0.15, 0.2) is 24.3 Å². The molecule has 0 aliphatic carbocycles. The standard InChI is InChI=1S/C9H9Cl2N/c10-8-4-3-7(2-1-5-12)6-9(8)11/h1-4,6H,5,12H2/b2-1+. The van der Waals surface area contributed by atoms with Gasteiger partial charge in [0.2, 0.25) is 0 Å². The topological polar surface area (TPSA) is 26.0 Å². The van der Waals surface area contributed by atoms with Gasteiger partial charge >= 0.3 is 0 Å². The number of benzene rings is 1. The molecule has 0 amide bonds. The molecule has 0 heterocycles. The summed E-state index contributed by atoms with van der Waals surface area (Å²) in [4.78, 5) is 0. The lowest BCUT2D eigenvalue weighted by Gasteiger charge is -1.96. The quantitative estimate of drug-likeness (QED) is 0.783. The first kappa shape index (κ1) is 9.59. The Kier molecular flexibility index (Phi) is 3.60. The van der Waals surface area contributed by atoms with E-state index >= 15 is 0 Å². The molecule has 0 fully saturated rings. The van der Waals surface area contributed by atoms with Crippen LogP contribution in [-0.2, 0) is 0 Å². The van der Waals surface area contributed by atoms with Crippen molar-refractivity contribution in [3.8, 4) is 0 Å². The Morgan fingerprint density at radius 2 is 2.00 bits per heavy atom. The lowest BCUT2D eigenvalue weighted by molar-refractivity contribution is 1.26. The number of rotatable bonds is 2. The molecule has 0 spiro atoms. The van der Waals surface area contributed by atoms with Crippen molar-refractivity contribution in [2.24, 2.45) is 5.73 Å². The lowest BCUT2D eigenvalue weighted by Crippen LogP contribution is -1.91. The maximum absolute atomic E-state index is 5.80. The van der Waals surface area contributed by atoms with Crippen LogP contribution in [0.25, 0.3) is 6.08 Å². The summed E-state index contributed by atoms with van der Waals surface area (Å²) in [5.74, 6) is 0. The van der Waals surface area contributed by atoms with Crippen LogP contribution in [0.5, 0.6) is 0 Å². The molecule has 0 saturated heterocycles. The van der Waals surface area contributed by atoms with Gasteiger partial charge in [-0.2, -0.15) is 0 Å². The van der Waals surface area contributed by atoms with Gasteiger partial charge in [-0.15, -0.1) is 0 Å². The van der Waals surface area contributed by atoms with Gasteiger partial charge in [0.15, 0.2) is 0 Å². The second-order valence-corrected chi connectivity index (χ2v) is 3.13. The van der Waals surface area contributed by atoms with E-state index in [1.165, 1.54) is 0 Å². The average molecular weight is 202 g/mol. The van der Waals surface area contributed by atoms with E-state index in [-0.39, 0.29) is 0 Å². The SMILES string of the molecule is NC/C=C/c1ccc(Cl)c(Cl)c1. The normalized spacial score (nSPS) is 10.9. The van der Waals surface area contributed by atoms with Crippen LogP contribution in [0.1, 0.15) is 5.56 Å². The van der Waals surface area contributed by atoms with Crippen LogP contribution >= 0.6 is 23.2 Å². The largest absolute Gasteiger partial charge is 0.327 e. The highest BCUT2D eigenvalue weighted by Gasteiger charge is 1.95. The summed E-state index contributed by atoms with van der Waals surface area (Å²) in [6.07, 6.45) is 3.77. The molecule has 1 aromatic carbocycles. The monoisotopic (exact) mass is 201 g/mol. The van der Waals surface area contributed by atoms with Crippen molar-refractivity contribution in [2.75, 3.05) is 6.54 Å². The highest BCUT2D eigenvalue weighted by atomic mass is 35.5. The summed E-state index contributed by atoms with van der Waals surface area (Å²) in [6.45, 7) is 0.528. The summed E-state index contributed by atoms with van der Waals surface area (Å²) in [7, 11) is 0. The average Bonchev–Trinajstić information content (AvgIpc) is 2.07. The third-order valence-electron chi connectivity index (χ3n) is 1.39. The number of hydrogen-bond acceptors (Lipinski definition) is 1. The van der Waals surface area contributed by atoms with E-state index in [1.807, 2.05) is 18.2 Å². The van der Waals surface area contributed by atoms with Crippen molar-refractivity contribution in [1.82, 2.24) is 0 Å². The smallest absolute Gasteiger partial charge is 0.0598 e. The van der Waals surface area contributed by atoms with E-state index < -0.39 is 0 Å². The summed E-state index contributed by atoms with van der Waals surface area (Å²) < 4.78 is 0. The van der Waals surface area contributed by atoms with Crippen molar-refractivity contribution in [1.29, 1.82) is 0 Å². The zero-order valence-electron chi connectivity index (χ0n) is 6.43. The third kappa shape index (κ3) is 2.52. The predicted octanol–water partition coefficient (Wildman–Crippen LogP) is 2.97. The highest BCUT2D eigenvalue weighted by Crippen LogP contribution is 2.22. The molecule has 0 saturated carbocycles. The zero-order chi connectivity index (χ0) is 8.97. The van der Waals surface area contributed by atoms with Gasteiger partial charge in [0.25, 0.3) is 0 Å². The third-order valence-corrected chi connectivity index (χ3v) is 2.13. The molecule has 0 unspecified atom stereocenters. The Hall–Kier alpha value is -0.500. The number of hydrogen-bond donors (Lipinski definition) is 1. The molecule has 12 heavy (non-hydrogen) atoms. The van der Waals surface area contributed by atoms with E-state index in [0.29, 0.717) is 16.6 Å². The molecule has 0 bridgehead atoms. The second kappa shape index (κ2) is 4.51. The lowest BCUT2D eigenvalue weighted by atomic mass is 10.2. The van der Waals surface area contributed by atoms with Crippen LogP contribution in [0.2, 0.25) is 10.0 Å². The summed E-state index contributed by atoms with van der Waals surface area (Å²) in [5, 5.41) is 1.14. The molecule has 3 heteroatoms. The van der Waals surface area contributed by atoms with Gasteiger partial charge < -0.3 is 5.73 Å². The Balaban J connectivity index is 2.89. The molecular weight excluding hydrogens is 193 g/mol. The highest BCUT2D eigenvalue weighted by molar-refractivity contribution is 6.42. The minimum absolute atomic E-state index is 0.528. The predicted molar refractivity (Wildman–Crippen MR) is 54.6 cm³/mol. The van der Waals surface area contributed by atoms with Gasteiger partial charge in [-0.25, -0.2) is 0 Å². The van der Waals surface area contributed by atoms with Gasteiger partial charge in [-0.3, -0.25) is 0 Å². The van der Waals surface area contributed by atoms with Crippen LogP contribution in [-0.4, -0.2) is 6.54 Å². The first-order valence-electron chi connectivity index (χ1n) is 3.55. The second-order valence-electron chi connectivity index (χ2n) is 2.31. The van der Waals surface area contributed by atoms with Crippen LogP contribution in [0, 0.1) is 0 Å². The van der Waals surface area contributed by atoms with Crippen LogP contribution in [0.4, 0.5) is 0 Å². The molecule has 1 nitrogen and oxygen atoms in total. The Morgan fingerprint density at radius 3 is 2.58 bits per heavy atom. The van der Waals surface area contributed by atoms with Crippen molar-refractivity contribution in [3.63, 3.8) is 0 Å². The fourth-order valence-electron chi connectivity index (χ4n) is 0.820. The summed E-state index contributed by atoms with van der Waals surface area (Å²) in [6, 6.07) is 5.45. The van der Waals surface area contributed by atoms with Gasteiger partial charge in [0, 0.05) is 6.54 Å². The number of nitrogens with two attached hydrogens (primary N) is 1. The molecule has 1 rings (SSSR count). The van der Waals surface area contributed by atoms with E-state index in [0.717, 1.165) is 5.56 Å². The van der Waals surface area contributed by atoms with Crippen molar-refractivity contribution in [2.45, 2.75) is 0 Å². The fourth-order valence-corrected chi connectivity index (χ4v) is 1.13. The molecule has 2 N–H and O–H groups in total. The van der Waals surface area contributed by atoms with Crippen molar-refractivity contribution in [3.05, 3.63) is 39.9 Å². The van der Waals surface area contributed by atoms with Gasteiger partial charge in [0.05, 0.1) is 10.0 Å². The maximum atomic E-state index is 5.80. The molecule has 1 aromatic rings. The van der Waals surface area contributed by atoms with E-state index in [1.54, 1.807) is 12.1 Å². The number of halogens is 2. The molecule has 0 aliphatic rings. The molecule has 0 aromatic heterocycles. The van der Waals surface area contributed by atoms with Crippen LogP contribution < -0.4 is 5.73 Å². The minimum Gasteiger partial charge on any atom is -0.327 e. The first-order chi connectivity index (χ1) is 5.74. The fraction of sp³-hybridized carbons (Fsp3) is 0.111.